The van der Waals surface area contributed by atoms with E-state index in [1.165, 1.54) is 11.3 Å². The topological polar surface area (TPSA) is 88.2 Å². The number of hydrogen-bond acceptors (Lipinski definition) is 6. The normalized spacial score (nSPS) is 10.8. The molecule has 0 bridgehead atoms. The molecule has 0 saturated carbocycles. The number of carbonyl (C=O) groups is 1. The van der Waals surface area contributed by atoms with Crippen LogP contribution in [0.3, 0.4) is 0 Å². The highest BCUT2D eigenvalue weighted by Crippen LogP contribution is 2.40. The van der Waals surface area contributed by atoms with Crippen LogP contribution >= 0.6 is 11.3 Å². The fourth-order valence-corrected chi connectivity index (χ4v) is 5.10. The van der Waals surface area contributed by atoms with Gasteiger partial charge >= 0.3 is 0 Å². The molecule has 0 aliphatic carbocycles. The van der Waals surface area contributed by atoms with Crippen LogP contribution in [0, 0.1) is 25.2 Å². The number of rotatable bonds is 5. The molecule has 172 valence electrons. The van der Waals surface area contributed by atoms with E-state index in [4.69, 9.17) is 9.15 Å². The number of methoxy groups -OCH3 is 1. The lowest BCUT2D eigenvalue weighted by Crippen LogP contribution is -2.13. The Hall–Kier alpha value is -4.41. The number of pyridine rings is 1. The highest BCUT2D eigenvalue weighted by atomic mass is 32.1. The number of aryl methyl sites for hydroxylation is 2. The van der Waals surface area contributed by atoms with Crippen molar-refractivity contribution in [3.05, 3.63) is 88.5 Å². The van der Waals surface area contributed by atoms with Gasteiger partial charge in [0.15, 0.2) is 5.76 Å². The Labute approximate surface area is 206 Å². The fourth-order valence-electron chi connectivity index (χ4n) is 4.08. The average molecular weight is 480 g/mol. The summed E-state index contributed by atoms with van der Waals surface area (Å²) >= 11 is 1.38. The number of anilines is 1. The summed E-state index contributed by atoms with van der Waals surface area (Å²) in [5.74, 6) is 1.78. The molecule has 0 spiro atoms. The zero-order valence-corrected chi connectivity index (χ0v) is 20.2. The van der Waals surface area contributed by atoms with Gasteiger partial charge in [0.2, 0.25) is 0 Å². The maximum Gasteiger partial charge on any atom is 0.257 e. The molecule has 2 aromatic carbocycles. The quantitative estimate of drug-likeness (QED) is 0.294. The van der Waals surface area contributed by atoms with Gasteiger partial charge in [-0.1, -0.05) is 30.3 Å². The molecular formula is C28H21N3O3S. The third-order valence-corrected chi connectivity index (χ3v) is 6.78. The lowest BCUT2D eigenvalue weighted by atomic mass is 10.0. The van der Waals surface area contributed by atoms with E-state index in [-0.39, 0.29) is 5.91 Å². The van der Waals surface area contributed by atoms with Crippen LogP contribution in [0.25, 0.3) is 33.5 Å². The van der Waals surface area contributed by atoms with Crippen molar-refractivity contribution in [1.82, 2.24) is 4.98 Å². The highest BCUT2D eigenvalue weighted by molar-refractivity contribution is 7.17. The van der Waals surface area contributed by atoms with E-state index in [2.05, 4.69) is 16.4 Å². The minimum atomic E-state index is -0.313. The van der Waals surface area contributed by atoms with Crippen LogP contribution in [0.15, 0.2) is 71.1 Å². The standard InChI is InChI=1S/C28H21N3O3S/c1-16-8-13-25(34-16)24-14-21(20-6-4-5-7-23(20)30-24)27(32)31-28-22(15-29)26(17(2)35-28)18-9-11-19(33-3)12-10-18/h4-14H,1-3H3,(H,31,32). The van der Waals surface area contributed by atoms with Gasteiger partial charge in [-0.3, -0.25) is 4.79 Å². The first-order chi connectivity index (χ1) is 17.0. The second-order valence-corrected chi connectivity index (χ2v) is 9.24. The van der Waals surface area contributed by atoms with Crippen LogP contribution in [-0.4, -0.2) is 18.0 Å². The molecule has 7 heteroatoms. The summed E-state index contributed by atoms with van der Waals surface area (Å²) < 4.78 is 11.0. The van der Waals surface area contributed by atoms with Crippen molar-refractivity contribution in [2.75, 3.05) is 12.4 Å². The summed E-state index contributed by atoms with van der Waals surface area (Å²) in [6.07, 6.45) is 0. The first-order valence-electron chi connectivity index (χ1n) is 10.9. The number of nitrogens with zero attached hydrogens (tertiary/aromatic N) is 2. The van der Waals surface area contributed by atoms with Gasteiger partial charge in [0, 0.05) is 15.8 Å². The first kappa shape index (κ1) is 22.4. The number of carbonyl (C=O) groups excluding carboxylic acids is 1. The molecule has 0 aliphatic heterocycles. The third kappa shape index (κ3) is 4.16. The number of aromatic nitrogens is 1. The number of hydrogen-bond donors (Lipinski definition) is 1. The molecule has 3 heterocycles. The number of fused-ring (bicyclic) bond motifs is 1. The molecule has 0 unspecified atom stereocenters. The van der Waals surface area contributed by atoms with Crippen molar-refractivity contribution in [3.8, 4) is 34.4 Å². The number of furan rings is 1. The summed E-state index contributed by atoms with van der Waals surface area (Å²) in [6.45, 7) is 3.81. The van der Waals surface area contributed by atoms with Gasteiger partial charge in [0.05, 0.1) is 23.8 Å². The molecule has 6 nitrogen and oxygen atoms in total. The molecule has 5 aromatic rings. The Morgan fingerprint density at radius 1 is 1.09 bits per heavy atom. The van der Waals surface area contributed by atoms with Crippen LogP contribution in [0.1, 0.15) is 26.6 Å². The lowest BCUT2D eigenvalue weighted by Gasteiger charge is -2.09. The minimum absolute atomic E-state index is 0.313. The monoisotopic (exact) mass is 479 g/mol. The van der Waals surface area contributed by atoms with Gasteiger partial charge < -0.3 is 14.5 Å². The smallest absolute Gasteiger partial charge is 0.257 e. The number of amides is 1. The summed E-state index contributed by atoms with van der Waals surface area (Å²) in [4.78, 5) is 19.2. The summed E-state index contributed by atoms with van der Waals surface area (Å²) in [5.41, 5.74) is 3.85. The number of para-hydroxylation sites is 1. The fraction of sp³-hybridized carbons (Fsp3) is 0.107. The molecule has 5 rings (SSSR count). The minimum Gasteiger partial charge on any atom is -0.497 e. The molecule has 3 aromatic heterocycles. The second kappa shape index (κ2) is 9.09. The van der Waals surface area contributed by atoms with Gasteiger partial charge in [-0.2, -0.15) is 5.26 Å². The van der Waals surface area contributed by atoms with E-state index < -0.39 is 0 Å². The van der Waals surface area contributed by atoms with Gasteiger partial charge in [-0.25, -0.2) is 4.98 Å². The van der Waals surface area contributed by atoms with E-state index >= 15 is 0 Å². The number of nitrogens with one attached hydrogen (secondary N) is 1. The molecule has 35 heavy (non-hydrogen) atoms. The van der Waals surface area contributed by atoms with Gasteiger partial charge in [0.25, 0.3) is 5.91 Å². The SMILES string of the molecule is COc1ccc(-c2c(C)sc(NC(=O)c3cc(-c4ccc(C)o4)nc4ccccc34)c2C#N)cc1. The highest BCUT2D eigenvalue weighted by Gasteiger charge is 2.21. The first-order valence-corrected chi connectivity index (χ1v) is 11.8. The van der Waals surface area contributed by atoms with Crippen molar-refractivity contribution in [1.29, 1.82) is 5.26 Å². The van der Waals surface area contributed by atoms with Gasteiger partial charge in [-0.15, -0.1) is 11.3 Å². The van der Waals surface area contributed by atoms with E-state index in [9.17, 15) is 10.1 Å². The predicted octanol–water partition coefficient (Wildman–Crippen LogP) is 6.97. The molecule has 0 radical (unpaired) electrons. The van der Waals surface area contributed by atoms with Crippen LogP contribution in [-0.2, 0) is 0 Å². The molecule has 1 N–H and O–H groups in total. The van der Waals surface area contributed by atoms with Crippen molar-refractivity contribution in [2.24, 2.45) is 0 Å². The van der Waals surface area contributed by atoms with Crippen LogP contribution in [0.4, 0.5) is 5.00 Å². The van der Waals surface area contributed by atoms with E-state index in [0.717, 1.165) is 32.9 Å². The van der Waals surface area contributed by atoms with Crippen molar-refractivity contribution < 1.29 is 13.9 Å². The third-order valence-electron chi connectivity index (χ3n) is 5.76. The van der Waals surface area contributed by atoms with Crippen molar-refractivity contribution in [2.45, 2.75) is 13.8 Å². The Kier molecular flexibility index (Phi) is 5.81. The summed E-state index contributed by atoms with van der Waals surface area (Å²) in [6, 6.07) is 22.7. The van der Waals surface area contributed by atoms with Crippen LogP contribution < -0.4 is 10.1 Å². The summed E-state index contributed by atoms with van der Waals surface area (Å²) in [5, 5.41) is 14.2. The van der Waals surface area contributed by atoms with Crippen LogP contribution in [0.2, 0.25) is 0 Å². The van der Waals surface area contributed by atoms with Crippen molar-refractivity contribution in [3.63, 3.8) is 0 Å². The largest absolute Gasteiger partial charge is 0.497 e. The maximum atomic E-state index is 13.5. The Balaban J connectivity index is 1.56. The average Bonchev–Trinajstić information content (AvgIpc) is 3.45. The Bertz CT molecular complexity index is 1610. The maximum absolute atomic E-state index is 13.5. The predicted molar refractivity (Wildman–Crippen MR) is 138 cm³/mol. The molecular weight excluding hydrogens is 458 g/mol. The summed E-state index contributed by atoms with van der Waals surface area (Å²) in [7, 11) is 1.61. The second-order valence-electron chi connectivity index (χ2n) is 8.01. The number of thiophene rings is 1. The molecule has 0 fully saturated rings. The Morgan fingerprint density at radius 2 is 1.86 bits per heavy atom. The van der Waals surface area contributed by atoms with Crippen molar-refractivity contribution >= 4 is 33.1 Å². The van der Waals surface area contributed by atoms with E-state index in [1.54, 1.807) is 13.2 Å². The van der Waals surface area contributed by atoms with E-state index in [0.29, 0.717) is 33.1 Å². The van der Waals surface area contributed by atoms with Gasteiger partial charge in [-0.05, 0) is 55.8 Å². The van der Waals surface area contributed by atoms with E-state index in [1.807, 2.05) is 74.5 Å². The molecule has 0 atom stereocenters. The van der Waals surface area contributed by atoms with Crippen LogP contribution in [0.5, 0.6) is 5.75 Å². The zero-order chi connectivity index (χ0) is 24.5. The number of ether oxygens (including phenoxy) is 1. The van der Waals surface area contributed by atoms with Gasteiger partial charge in [0.1, 0.15) is 28.3 Å². The molecule has 0 saturated heterocycles. The lowest BCUT2D eigenvalue weighted by molar-refractivity contribution is 0.102. The number of benzene rings is 2. The molecule has 0 aliphatic rings. The number of nitriles is 1. The Morgan fingerprint density at radius 3 is 2.54 bits per heavy atom. The zero-order valence-electron chi connectivity index (χ0n) is 19.4. The molecule has 1 amide bonds.